The van der Waals surface area contributed by atoms with E-state index >= 15 is 0 Å². The number of nitrogens with two attached hydrogens (primary N) is 1. The Balaban J connectivity index is 2.28. The Morgan fingerprint density at radius 2 is 1.93 bits per heavy atom. The number of hydrogen-bond acceptors (Lipinski definition) is 3. The van der Waals surface area contributed by atoms with Crippen LogP contribution in [0.15, 0.2) is 24.3 Å². The van der Waals surface area contributed by atoms with Gasteiger partial charge in [-0.05, 0) is 26.0 Å². The fourth-order valence-electron chi connectivity index (χ4n) is 1.05. The third-order valence-electron chi connectivity index (χ3n) is 1.71. The number of rotatable bonds is 5. The van der Waals surface area contributed by atoms with Crippen molar-refractivity contribution in [1.82, 2.24) is 0 Å². The van der Waals surface area contributed by atoms with Gasteiger partial charge in [-0.2, -0.15) is 0 Å². The average Bonchev–Trinajstić information content (AvgIpc) is 2.15. The molecule has 2 N–H and O–H groups in total. The molecule has 78 valence electrons. The van der Waals surface area contributed by atoms with E-state index in [4.69, 9.17) is 15.2 Å². The summed E-state index contributed by atoms with van der Waals surface area (Å²) in [6.07, 6.45) is 0.242. The second-order valence-electron chi connectivity index (χ2n) is 3.31. The van der Waals surface area contributed by atoms with Crippen molar-refractivity contribution in [2.75, 3.05) is 18.9 Å². The molecule has 0 bridgehead atoms. The SMILES string of the molecule is CC(C)OCCOc1ccccc1N. The van der Waals surface area contributed by atoms with E-state index in [1.165, 1.54) is 0 Å². The maximum Gasteiger partial charge on any atom is 0.142 e. The van der Waals surface area contributed by atoms with Gasteiger partial charge in [0.15, 0.2) is 0 Å². The van der Waals surface area contributed by atoms with E-state index in [0.29, 0.717) is 18.9 Å². The van der Waals surface area contributed by atoms with Crippen molar-refractivity contribution in [3.8, 4) is 5.75 Å². The molecular weight excluding hydrogens is 178 g/mol. The first kappa shape index (κ1) is 10.9. The second-order valence-corrected chi connectivity index (χ2v) is 3.31. The first-order valence-electron chi connectivity index (χ1n) is 4.79. The summed E-state index contributed by atoms with van der Waals surface area (Å²) in [7, 11) is 0. The number of nitrogen functional groups attached to an aromatic ring is 1. The highest BCUT2D eigenvalue weighted by atomic mass is 16.5. The molecule has 0 saturated heterocycles. The van der Waals surface area contributed by atoms with Crippen molar-refractivity contribution in [2.24, 2.45) is 0 Å². The number of para-hydroxylation sites is 2. The maximum absolute atomic E-state index is 5.70. The van der Waals surface area contributed by atoms with Crippen LogP contribution in [0.5, 0.6) is 5.75 Å². The van der Waals surface area contributed by atoms with E-state index in [0.717, 1.165) is 5.75 Å². The van der Waals surface area contributed by atoms with Crippen molar-refractivity contribution in [2.45, 2.75) is 20.0 Å². The van der Waals surface area contributed by atoms with Gasteiger partial charge >= 0.3 is 0 Å². The first-order valence-corrected chi connectivity index (χ1v) is 4.79. The van der Waals surface area contributed by atoms with Crippen molar-refractivity contribution < 1.29 is 9.47 Å². The number of benzene rings is 1. The molecule has 0 amide bonds. The van der Waals surface area contributed by atoms with Gasteiger partial charge in [0.2, 0.25) is 0 Å². The van der Waals surface area contributed by atoms with Gasteiger partial charge in [-0.3, -0.25) is 0 Å². The molecule has 1 rings (SSSR count). The molecule has 0 atom stereocenters. The molecule has 3 heteroatoms. The lowest BCUT2D eigenvalue weighted by Crippen LogP contribution is -2.11. The smallest absolute Gasteiger partial charge is 0.142 e. The highest BCUT2D eigenvalue weighted by Crippen LogP contribution is 2.19. The summed E-state index contributed by atoms with van der Waals surface area (Å²) in [6, 6.07) is 7.45. The van der Waals surface area contributed by atoms with E-state index in [9.17, 15) is 0 Å². The fraction of sp³-hybridized carbons (Fsp3) is 0.455. The minimum atomic E-state index is 0.242. The topological polar surface area (TPSA) is 44.5 Å². The molecule has 0 aromatic heterocycles. The van der Waals surface area contributed by atoms with Crippen LogP contribution in [0.25, 0.3) is 0 Å². The molecule has 0 saturated carbocycles. The molecule has 0 fully saturated rings. The quantitative estimate of drug-likeness (QED) is 0.578. The fourth-order valence-corrected chi connectivity index (χ4v) is 1.05. The molecule has 0 aliphatic carbocycles. The van der Waals surface area contributed by atoms with Crippen LogP contribution < -0.4 is 10.5 Å². The van der Waals surface area contributed by atoms with Gasteiger partial charge in [0, 0.05) is 0 Å². The molecule has 1 aromatic rings. The number of hydrogen-bond donors (Lipinski definition) is 1. The van der Waals surface area contributed by atoms with Crippen LogP contribution in [0.2, 0.25) is 0 Å². The lowest BCUT2D eigenvalue weighted by atomic mass is 10.3. The van der Waals surface area contributed by atoms with Crippen molar-refractivity contribution in [1.29, 1.82) is 0 Å². The molecule has 0 aliphatic heterocycles. The highest BCUT2D eigenvalue weighted by Gasteiger charge is 1.98. The molecule has 0 radical (unpaired) electrons. The summed E-state index contributed by atoms with van der Waals surface area (Å²) in [6.45, 7) is 5.12. The van der Waals surface area contributed by atoms with Gasteiger partial charge in [0.05, 0.1) is 18.4 Å². The Labute approximate surface area is 84.8 Å². The third kappa shape index (κ3) is 3.66. The Kier molecular flexibility index (Phi) is 4.26. The molecule has 1 aromatic carbocycles. The summed E-state index contributed by atoms with van der Waals surface area (Å²) in [5, 5.41) is 0. The zero-order chi connectivity index (χ0) is 10.4. The molecular formula is C11H17NO2. The summed E-state index contributed by atoms with van der Waals surface area (Å²) in [5.74, 6) is 0.722. The Morgan fingerprint density at radius 3 is 2.57 bits per heavy atom. The minimum Gasteiger partial charge on any atom is -0.489 e. The zero-order valence-electron chi connectivity index (χ0n) is 8.69. The van der Waals surface area contributed by atoms with Crippen molar-refractivity contribution in [3.63, 3.8) is 0 Å². The summed E-state index contributed by atoms with van der Waals surface area (Å²) >= 11 is 0. The second kappa shape index (κ2) is 5.50. The van der Waals surface area contributed by atoms with Crippen molar-refractivity contribution in [3.05, 3.63) is 24.3 Å². The van der Waals surface area contributed by atoms with Crippen LogP contribution >= 0.6 is 0 Å². The largest absolute Gasteiger partial charge is 0.489 e. The van der Waals surface area contributed by atoms with Crippen LogP contribution in [-0.2, 0) is 4.74 Å². The highest BCUT2D eigenvalue weighted by molar-refractivity contribution is 5.51. The Bertz CT molecular complexity index is 274. The predicted molar refractivity (Wildman–Crippen MR) is 57.4 cm³/mol. The van der Waals surface area contributed by atoms with Gasteiger partial charge in [-0.1, -0.05) is 12.1 Å². The monoisotopic (exact) mass is 195 g/mol. The van der Waals surface area contributed by atoms with Crippen LogP contribution in [0.1, 0.15) is 13.8 Å². The van der Waals surface area contributed by atoms with Crippen molar-refractivity contribution >= 4 is 5.69 Å². The van der Waals surface area contributed by atoms with E-state index < -0.39 is 0 Å². The van der Waals surface area contributed by atoms with E-state index in [1.54, 1.807) is 0 Å². The van der Waals surface area contributed by atoms with Gasteiger partial charge in [0.25, 0.3) is 0 Å². The van der Waals surface area contributed by atoms with Gasteiger partial charge in [0.1, 0.15) is 12.4 Å². The molecule has 3 nitrogen and oxygen atoms in total. The standard InChI is InChI=1S/C11H17NO2/c1-9(2)13-7-8-14-11-6-4-3-5-10(11)12/h3-6,9H,7-8,12H2,1-2H3. The molecule has 0 aliphatic rings. The Hall–Kier alpha value is -1.22. The van der Waals surface area contributed by atoms with E-state index in [2.05, 4.69) is 0 Å². The van der Waals surface area contributed by atoms with Gasteiger partial charge in [-0.15, -0.1) is 0 Å². The minimum absolute atomic E-state index is 0.242. The normalized spacial score (nSPS) is 10.5. The summed E-state index contributed by atoms with van der Waals surface area (Å²) in [4.78, 5) is 0. The van der Waals surface area contributed by atoms with Crippen LogP contribution in [0.4, 0.5) is 5.69 Å². The zero-order valence-corrected chi connectivity index (χ0v) is 8.69. The molecule has 14 heavy (non-hydrogen) atoms. The maximum atomic E-state index is 5.70. The van der Waals surface area contributed by atoms with Crippen LogP contribution in [0, 0.1) is 0 Å². The first-order chi connectivity index (χ1) is 6.70. The lowest BCUT2D eigenvalue weighted by molar-refractivity contribution is 0.0554. The molecule has 0 heterocycles. The molecule has 0 spiro atoms. The summed E-state index contributed by atoms with van der Waals surface area (Å²) < 4.78 is 10.8. The Morgan fingerprint density at radius 1 is 1.21 bits per heavy atom. The summed E-state index contributed by atoms with van der Waals surface area (Å²) in [5.41, 5.74) is 6.36. The van der Waals surface area contributed by atoms with Gasteiger partial charge in [-0.25, -0.2) is 0 Å². The van der Waals surface area contributed by atoms with E-state index in [-0.39, 0.29) is 6.10 Å². The third-order valence-corrected chi connectivity index (χ3v) is 1.71. The van der Waals surface area contributed by atoms with E-state index in [1.807, 2.05) is 38.1 Å². The number of anilines is 1. The van der Waals surface area contributed by atoms with Gasteiger partial charge < -0.3 is 15.2 Å². The number of ether oxygens (including phenoxy) is 2. The molecule has 0 unspecified atom stereocenters. The predicted octanol–water partition coefficient (Wildman–Crippen LogP) is 2.07. The van der Waals surface area contributed by atoms with Crippen LogP contribution in [0.3, 0.4) is 0 Å². The average molecular weight is 195 g/mol. The van der Waals surface area contributed by atoms with Crippen LogP contribution in [-0.4, -0.2) is 19.3 Å². The lowest BCUT2D eigenvalue weighted by Gasteiger charge is -2.10.